The monoisotopic (exact) mass is 603 g/mol. The van der Waals surface area contributed by atoms with Crippen LogP contribution in [0.3, 0.4) is 0 Å². The van der Waals surface area contributed by atoms with Gasteiger partial charge in [-0.1, -0.05) is 37.3 Å². The number of benzene rings is 3. The molecule has 42 heavy (non-hydrogen) atoms. The number of carbonyl (C=O) groups excluding carboxylic acids is 1. The first-order valence-corrected chi connectivity index (χ1v) is 15.6. The van der Waals surface area contributed by atoms with Crippen LogP contribution in [-0.4, -0.2) is 57.6 Å². The van der Waals surface area contributed by atoms with Crippen molar-refractivity contribution in [3.63, 3.8) is 0 Å². The van der Waals surface area contributed by atoms with Gasteiger partial charge in [0.1, 0.15) is 11.6 Å². The Bertz CT molecular complexity index is 1400. The average molecular weight is 604 g/mol. The second kappa shape index (κ2) is 16.3. The minimum absolute atomic E-state index is 0.0393. The molecule has 0 aliphatic rings. The van der Waals surface area contributed by atoms with Crippen molar-refractivity contribution >= 4 is 21.6 Å². The third-order valence-electron chi connectivity index (χ3n) is 6.65. The van der Waals surface area contributed by atoms with E-state index in [2.05, 4.69) is 28.3 Å². The van der Waals surface area contributed by atoms with Gasteiger partial charge in [0.15, 0.2) is 0 Å². The number of halogens is 2. The number of aliphatic hydroxyl groups is 1. The number of rotatable bonds is 17. The van der Waals surface area contributed by atoms with E-state index in [-0.39, 0.29) is 35.5 Å². The fraction of sp³-hybridized carbons (Fsp3) is 0.387. The Hall–Kier alpha value is -3.38. The highest BCUT2D eigenvalue weighted by atomic mass is 32.2. The van der Waals surface area contributed by atoms with Crippen LogP contribution in [0, 0.1) is 11.6 Å². The van der Waals surface area contributed by atoms with Gasteiger partial charge in [0.25, 0.3) is 5.91 Å². The van der Waals surface area contributed by atoms with E-state index in [1.54, 1.807) is 7.11 Å². The first kappa shape index (κ1) is 33.1. The molecule has 0 saturated heterocycles. The van der Waals surface area contributed by atoms with E-state index in [1.165, 1.54) is 29.8 Å². The van der Waals surface area contributed by atoms with Gasteiger partial charge in [-0.15, -0.1) is 0 Å². The third-order valence-corrected chi connectivity index (χ3v) is 8.02. The zero-order valence-electron chi connectivity index (χ0n) is 23.9. The summed E-state index contributed by atoms with van der Waals surface area (Å²) in [5.74, 6) is -2.20. The molecular formula is C31H39F2N3O5S. The van der Waals surface area contributed by atoms with E-state index in [0.29, 0.717) is 26.0 Å². The molecule has 3 aromatic carbocycles. The van der Waals surface area contributed by atoms with Gasteiger partial charge in [-0.2, -0.15) is 0 Å². The van der Waals surface area contributed by atoms with E-state index in [0.717, 1.165) is 30.2 Å². The predicted octanol–water partition coefficient (Wildman–Crippen LogP) is 4.19. The van der Waals surface area contributed by atoms with Crippen molar-refractivity contribution in [1.29, 1.82) is 0 Å². The summed E-state index contributed by atoms with van der Waals surface area (Å²) in [6, 6.07) is 16.2. The number of nitrogens with one attached hydrogen (secondary N) is 3. The van der Waals surface area contributed by atoms with Crippen LogP contribution in [-0.2, 0) is 34.1 Å². The zero-order chi connectivity index (χ0) is 30.5. The maximum atomic E-state index is 13.9. The van der Waals surface area contributed by atoms with Crippen LogP contribution in [0.25, 0.3) is 0 Å². The third kappa shape index (κ3) is 11.1. The van der Waals surface area contributed by atoms with Gasteiger partial charge in [-0.05, 0) is 72.7 Å². The summed E-state index contributed by atoms with van der Waals surface area (Å²) in [4.78, 5) is 13.2. The summed E-state index contributed by atoms with van der Waals surface area (Å²) in [5, 5.41) is 17.0. The first-order chi connectivity index (χ1) is 20.1. The Kier molecular flexibility index (Phi) is 12.9. The molecular weight excluding hydrogens is 564 g/mol. The van der Waals surface area contributed by atoms with E-state index >= 15 is 0 Å². The van der Waals surface area contributed by atoms with Gasteiger partial charge in [0.05, 0.1) is 17.9 Å². The maximum Gasteiger partial charge on any atom is 0.251 e. The molecule has 0 fully saturated rings. The highest BCUT2D eigenvalue weighted by molar-refractivity contribution is 7.92. The van der Waals surface area contributed by atoms with Crippen LogP contribution in [0.5, 0.6) is 0 Å². The molecule has 0 aromatic heterocycles. The molecule has 0 aliphatic heterocycles. The van der Waals surface area contributed by atoms with Crippen molar-refractivity contribution in [3.8, 4) is 0 Å². The number of unbranched alkanes of at least 4 members (excludes halogenated alkanes) is 1. The number of sulfonamides is 1. The molecule has 228 valence electrons. The van der Waals surface area contributed by atoms with E-state index in [9.17, 15) is 27.1 Å². The summed E-state index contributed by atoms with van der Waals surface area (Å²) in [6.07, 6.45) is 0.762. The fourth-order valence-electron chi connectivity index (χ4n) is 4.48. The number of hydrogen-bond donors (Lipinski definition) is 4. The van der Waals surface area contributed by atoms with Crippen LogP contribution >= 0.6 is 0 Å². The summed E-state index contributed by atoms with van der Waals surface area (Å²) in [7, 11) is -2.09. The standard InChI is InChI=1S/C31H39F2N3O5S/c1-3-22-8-6-9-23(14-22)20-34-21-30(37)29(17-24-15-26(32)19-27(33)16-24)35-31(38)25-10-7-11-28(18-25)36-42(39,40)13-5-4-12-41-2/h6-11,14-16,18-19,29-30,34,36-37H,3-5,12-13,17,20-21H2,1-2H3,(H,35,38)/t29-,30+/m0/s1. The number of aryl methyl sites for hydroxylation is 1. The van der Waals surface area contributed by atoms with E-state index < -0.39 is 39.7 Å². The molecule has 1 amide bonds. The second-order valence-electron chi connectivity index (χ2n) is 10.1. The topological polar surface area (TPSA) is 117 Å². The highest BCUT2D eigenvalue weighted by Crippen LogP contribution is 2.16. The smallest absolute Gasteiger partial charge is 0.251 e. The number of aliphatic hydroxyl groups excluding tert-OH is 1. The largest absolute Gasteiger partial charge is 0.390 e. The molecule has 8 nitrogen and oxygen atoms in total. The lowest BCUT2D eigenvalue weighted by Crippen LogP contribution is -2.48. The lowest BCUT2D eigenvalue weighted by molar-refractivity contribution is 0.0830. The molecule has 0 radical (unpaired) electrons. The zero-order valence-corrected chi connectivity index (χ0v) is 24.7. The lowest BCUT2D eigenvalue weighted by Gasteiger charge is -2.25. The van der Waals surface area contributed by atoms with E-state index in [1.807, 2.05) is 18.2 Å². The number of amides is 1. The number of methoxy groups -OCH3 is 1. The molecule has 0 aliphatic carbocycles. The van der Waals surface area contributed by atoms with Crippen LogP contribution in [0.1, 0.15) is 46.8 Å². The Balaban J connectivity index is 1.71. The number of carbonyl (C=O) groups is 1. The first-order valence-electron chi connectivity index (χ1n) is 13.9. The van der Waals surface area contributed by atoms with Crippen molar-refractivity contribution < 1.29 is 31.8 Å². The molecule has 3 aromatic rings. The Labute approximate surface area is 246 Å². The van der Waals surface area contributed by atoms with E-state index in [4.69, 9.17) is 4.74 Å². The lowest BCUT2D eigenvalue weighted by atomic mass is 10.00. The highest BCUT2D eigenvalue weighted by Gasteiger charge is 2.23. The maximum absolute atomic E-state index is 13.9. The number of hydrogen-bond acceptors (Lipinski definition) is 6. The molecule has 2 atom stereocenters. The molecule has 0 saturated carbocycles. The van der Waals surface area contributed by atoms with Crippen molar-refractivity contribution in [2.45, 2.75) is 51.3 Å². The molecule has 11 heteroatoms. The quantitative estimate of drug-likeness (QED) is 0.172. The van der Waals surface area contributed by atoms with Crippen LogP contribution in [0.15, 0.2) is 66.7 Å². The van der Waals surface area contributed by atoms with Crippen molar-refractivity contribution in [3.05, 3.63) is 101 Å². The normalized spacial score (nSPS) is 13.0. The average Bonchev–Trinajstić information content (AvgIpc) is 2.94. The van der Waals surface area contributed by atoms with Gasteiger partial charge in [0, 0.05) is 44.1 Å². The Morgan fingerprint density at radius 3 is 2.38 bits per heavy atom. The molecule has 0 unspecified atom stereocenters. The van der Waals surface area contributed by atoms with Crippen LogP contribution in [0.4, 0.5) is 14.5 Å². The Morgan fingerprint density at radius 2 is 1.67 bits per heavy atom. The molecule has 0 heterocycles. The van der Waals surface area contributed by atoms with Crippen LogP contribution in [0.2, 0.25) is 0 Å². The molecule has 0 spiro atoms. The number of anilines is 1. The minimum atomic E-state index is -3.64. The SMILES string of the molecule is CCc1cccc(CNC[C@@H](O)[C@H](Cc2cc(F)cc(F)c2)NC(=O)c2cccc(NS(=O)(=O)CCCCOC)c2)c1. The summed E-state index contributed by atoms with van der Waals surface area (Å²) < 4.78 is 60.1. The Morgan fingerprint density at radius 1 is 0.952 bits per heavy atom. The van der Waals surface area contributed by atoms with Crippen molar-refractivity contribution in [2.75, 3.05) is 30.7 Å². The minimum Gasteiger partial charge on any atom is -0.390 e. The summed E-state index contributed by atoms with van der Waals surface area (Å²) in [6.45, 7) is 3.10. The van der Waals surface area contributed by atoms with Gasteiger partial charge in [-0.3, -0.25) is 9.52 Å². The fourth-order valence-corrected chi connectivity index (χ4v) is 5.65. The number of ether oxygens (including phenoxy) is 1. The van der Waals surface area contributed by atoms with Gasteiger partial charge >= 0.3 is 0 Å². The van der Waals surface area contributed by atoms with Crippen LogP contribution < -0.4 is 15.4 Å². The molecule has 3 rings (SSSR count). The molecule has 0 bridgehead atoms. The second-order valence-corrected chi connectivity index (χ2v) is 12.0. The van der Waals surface area contributed by atoms with Gasteiger partial charge < -0.3 is 20.5 Å². The summed E-state index contributed by atoms with van der Waals surface area (Å²) >= 11 is 0. The van der Waals surface area contributed by atoms with Gasteiger partial charge in [0.2, 0.25) is 10.0 Å². The van der Waals surface area contributed by atoms with Crippen molar-refractivity contribution in [2.24, 2.45) is 0 Å². The van der Waals surface area contributed by atoms with Gasteiger partial charge in [-0.25, -0.2) is 17.2 Å². The molecule has 4 N–H and O–H groups in total. The summed E-state index contributed by atoms with van der Waals surface area (Å²) in [5.41, 5.74) is 2.86. The predicted molar refractivity (Wildman–Crippen MR) is 160 cm³/mol. The van der Waals surface area contributed by atoms with Crippen molar-refractivity contribution in [1.82, 2.24) is 10.6 Å².